The Labute approximate surface area is 94.8 Å². The molecule has 0 radical (unpaired) electrons. The van der Waals surface area contributed by atoms with Gasteiger partial charge in [0.1, 0.15) is 0 Å². The summed E-state index contributed by atoms with van der Waals surface area (Å²) in [5.41, 5.74) is 1.54. The molecular formula is C13H17Br. The lowest BCUT2D eigenvalue weighted by Gasteiger charge is -2.02. The van der Waals surface area contributed by atoms with Crippen molar-refractivity contribution in [3.63, 3.8) is 0 Å². The van der Waals surface area contributed by atoms with Crippen LogP contribution in [0.25, 0.3) is 0 Å². The monoisotopic (exact) mass is 252 g/mol. The zero-order valence-corrected chi connectivity index (χ0v) is 10.2. The van der Waals surface area contributed by atoms with E-state index in [1.807, 2.05) is 0 Å². The van der Waals surface area contributed by atoms with Crippen LogP contribution in [0.3, 0.4) is 0 Å². The highest BCUT2D eigenvalue weighted by Crippen LogP contribution is 2.50. The predicted octanol–water partition coefficient (Wildman–Crippen LogP) is 4.35. The summed E-state index contributed by atoms with van der Waals surface area (Å²) in [5.74, 6) is 1.82. The van der Waals surface area contributed by atoms with Gasteiger partial charge in [-0.3, -0.25) is 0 Å². The fraction of sp³-hybridized carbons (Fsp3) is 0.538. The van der Waals surface area contributed by atoms with Gasteiger partial charge in [0.05, 0.1) is 0 Å². The van der Waals surface area contributed by atoms with Crippen LogP contribution in [0, 0.1) is 5.92 Å². The van der Waals surface area contributed by atoms with Crippen LogP contribution in [-0.2, 0) is 0 Å². The van der Waals surface area contributed by atoms with Crippen LogP contribution < -0.4 is 0 Å². The molecule has 1 aliphatic carbocycles. The molecule has 14 heavy (non-hydrogen) atoms. The molecule has 0 heterocycles. The molecule has 1 aromatic carbocycles. The second-order valence-corrected chi connectivity index (χ2v) is 5.93. The molecule has 0 bridgehead atoms. The highest BCUT2D eigenvalue weighted by atomic mass is 79.9. The molecule has 0 aliphatic heterocycles. The van der Waals surface area contributed by atoms with Gasteiger partial charge in [-0.15, -0.1) is 0 Å². The lowest BCUT2D eigenvalue weighted by atomic mass is 10.1. The first kappa shape index (κ1) is 10.2. The van der Waals surface area contributed by atoms with E-state index in [2.05, 4.69) is 53.2 Å². The SMILES string of the molecule is CC(Br)CCC1CC1c1ccccc1. The highest BCUT2D eigenvalue weighted by molar-refractivity contribution is 9.09. The molecule has 1 heteroatoms. The van der Waals surface area contributed by atoms with E-state index in [-0.39, 0.29) is 0 Å². The predicted molar refractivity (Wildman–Crippen MR) is 64.9 cm³/mol. The quantitative estimate of drug-likeness (QED) is 0.699. The third kappa shape index (κ3) is 2.60. The van der Waals surface area contributed by atoms with Crippen molar-refractivity contribution in [1.82, 2.24) is 0 Å². The highest BCUT2D eigenvalue weighted by Gasteiger charge is 2.37. The Balaban J connectivity index is 1.82. The van der Waals surface area contributed by atoms with Crippen molar-refractivity contribution < 1.29 is 0 Å². The third-order valence-electron chi connectivity index (χ3n) is 3.09. The van der Waals surface area contributed by atoms with Crippen LogP contribution in [0.4, 0.5) is 0 Å². The first-order valence-electron chi connectivity index (χ1n) is 5.46. The second kappa shape index (κ2) is 4.48. The topological polar surface area (TPSA) is 0 Å². The molecule has 1 aliphatic rings. The molecule has 1 aromatic rings. The number of rotatable bonds is 4. The van der Waals surface area contributed by atoms with Gasteiger partial charge in [-0.2, -0.15) is 0 Å². The van der Waals surface area contributed by atoms with Crippen molar-refractivity contribution in [2.24, 2.45) is 5.92 Å². The van der Waals surface area contributed by atoms with E-state index in [1.54, 1.807) is 5.56 Å². The summed E-state index contributed by atoms with van der Waals surface area (Å²) < 4.78 is 0. The van der Waals surface area contributed by atoms with E-state index in [4.69, 9.17) is 0 Å². The van der Waals surface area contributed by atoms with Gasteiger partial charge in [0.25, 0.3) is 0 Å². The van der Waals surface area contributed by atoms with Gasteiger partial charge in [-0.25, -0.2) is 0 Å². The van der Waals surface area contributed by atoms with Crippen LogP contribution in [0.1, 0.15) is 37.7 Å². The molecule has 1 saturated carbocycles. The summed E-state index contributed by atoms with van der Waals surface area (Å²) in [6, 6.07) is 10.9. The molecule has 0 N–H and O–H groups in total. The molecule has 0 saturated heterocycles. The Hall–Kier alpha value is -0.300. The van der Waals surface area contributed by atoms with Crippen molar-refractivity contribution in [3.05, 3.63) is 35.9 Å². The van der Waals surface area contributed by atoms with Gasteiger partial charge in [0, 0.05) is 4.83 Å². The van der Waals surface area contributed by atoms with E-state index in [0.717, 1.165) is 11.8 Å². The number of benzene rings is 1. The van der Waals surface area contributed by atoms with Gasteiger partial charge < -0.3 is 0 Å². The van der Waals surface area contributed by atoms with Crippen LogP contribution in [0.2, 0.25) is 0 Å². The van der Waals surface area contributed by atoms with Crippen molar-refractivity contribution in [1.29, 1.82) is 0 Å². The largest absolute Gasteiger partial charge is 0.0894 e. The smallest absolute Gasteiger partial charge is 0.0117 e. The first-order chi connectivity index (χ1) is 6.77. The van der Waals surface area contributed by atoms with E-state index in [9.17, 15) is 0 Å². The zero-order chi connectivity index (χ0) is 9.97. The van der Waals surface area contributed by atoms with Crippen LogP contribution in [0.15, 0.2) is 30.3 Å². The molecule has 3 atom stereocenters. The molecule has 0 nitrogen and oxygen atoms in total. The van der Waals surface area contributed by atoms with E-state index < -0.39 is 0 Å². The van der Waals surface area contributed by atoms with E-state index in [1.165, 1.54) is 19.3 Å². The Morgan fingerprint density at radius 1 is 1.36 bits per heavy atom. The van der Waals surface area contributed by atoms with Crippen LogP contribution >= 0.6 is 15.9 Å². The van der Waals surface area contributed by atoms with Crippen molar-refractivity contribution in [2.45, 2.75) is 36.9 Å². The first-order valence-corrected chi connectivity index (χ1v) is 6.38. The maximum atomic E-state index is 3.61. The van der Waals surface area contributed by atoms with Gasteiger partial charge in [-0.05, 0) is 36.7 Å². The summed E-state index contributed by atoms with van der Waals surface area (Å²) in [6.07, 6.45) is 4.10. The molecule has 0 amide bonds. The minimum atomic E-state index is 0.680. The Morgan fingerprint density at radius 2 is 2.07 bits per heavy atom. The lowest BCUT2D eigenvalue weighted by molar-refractivity contribution is 0.652. The Morgan fingerprint density at radius 3 is 2.71 bits per heavy atom. The number of halogens is 1. The minimum absolute atomic E-state index is 0.680. The fourth-order valence-electron chi connectivity index (χ4n) is 2.12. The molecule has 2 rings (SSSR count). The summed E-state index contributed by atoms with van der Waals surface area (Å²) in [7, 11) is 0. The standard InChI is InChI=1S/C13H17Br/c1-10(14)7-8-12-9-13(12)11-5-3-2-4-6-11/h2-6,10,12-13H,7-9H2,1H3. The van der Waals surface area contributed by atoms with E-state index in [0.29, 0.717) is 4.83 Å². The summed E-state index contributed by atoms with van der Waals surface area (Å²) in [4.78, 5) is 0.680. The van der Waals surface area contributed by atoms with Crippen molar-refractivity contribution in [2.75, 3.05) is 0 Å². The molecule has 3 unspecified atom stereocenters. The van der Waals surface area contributed by atoms with Gasteiger partial charge in [0.15, 0.2) is 0 Å². The maximum Gasteiger partial charge on any atom is 0.0117 e. The number of hydrogen-bond donors (Lipinski definition) is 0. The summed E-state index contributed by atoms with van der Waals surface area (Å²) >= 11 is 3.61. The van der Waals surface area contributed by atoms with Gasteiger partial charge in [0.2, 0.25) is 0 Å². The van der Waals surface area contributed by atoms with E-state index >= 15 is 0 Å². The minimum Gasteiger partial charge on any atom is -0.0894 e. The maximum absolute atomic E-state index is 3.61. The molecule has 0 aromatic heterocycles. The third-order valence-corrected chi connectivity index (χ3v) is 3.54. The Bertz CT molecular complexity index is 279. The molecule has 76 valence electrons. The van der Waals surface area contributed by atoms with Crippen LogP contribution in [0.5, 0.6) is 0 Å². The van der Waals surface area contributed by atoms with Gasteiger partial charge >= 0.3 is 0 Å². The molecule has 1 fully saturated rings. The lowest BCUT2D eigenvalue weighted by Crippen LogP contribution is -1.91. The summed E-state index contributed by atoms with van der Waals surface area (Å²) in [5, 5.41) is 0. The average Bonchev–Trinajstić information content (AvgIpc) is 2.95. The molecular weight excluding hydrogens is 236 g/mol. The number of alkyl halides is 1. The second-order valence-electron chi connectivity index (χ2n) is 4.37. The van der Waals surface area contributed by atoms with Crippen molar-refractivity contribution in [3.8, 4) is 0 Å². The fourth-order valence-corrected chi connectivity index (χ4v) is 2.38. The number of hydrogen-bond acceptors (Lipinski definition) is 0. The van der Waals surface area contributed by atoms with Crippen LogP contribution in [-0.4, -0.2) is 4.83 Å². The zero-order valence-electron chi connectivity index (χ0n) is 8.62. The summed E-state index contributed by atoms with van der Waals surface area (Å²) in [6.45, 7) is 2.24. The van der Waals surface area contributed by atoms with Gasteiger partial charge in [-0.1, -0.05) is 53.2 Å². The van der Waals surface area contributed by atoms with Crippen molar-refractivity contribution >= 4 is 15.9 Å². The average molecular weight is 253 g/mol. The normalized spacial score (nSPS) is 27.3. The molecule has 0 spiro atoms. The Kier molecular flexibility index (Phi) is 3.27.